The van der Waals surface area contributed by atoms with Gasteiger partial charge in [-0.2, -0.15) is 0 Å². The number of hydrogen-bond acceptors (Lipinski definition) is 5. The molecule has 178 valence electrons. The number of carbonyl (C=O) groups is 2. The summed E-state index contributed by atoms with van der Waals surface area (Å²) >= 11 is 7.35. The lowest BCUT2D eigenvalue weighted by Gasteiger charge is -2.15. The largest absolute Gasteiger partial charge is 0.493 e. The van der Waals surface area contributed by atoms with Crippen LogP contribution in [-0.2, 0) is 11.2 Å². The molecule has 1 atom stereocenters. The molecule has 0 saturated carbocycles. The first-order chi connectivity index (χ1) is 16.4. The van der Waals surface area contributed by atoms with Gasteiger partial charge in [0.05, 0.1) is 30.7 Å². The van der Waals surface area contributed by atoms with Crippen molar-refractivity contribution in [1.29, 1.82) is 0 Å². The van der Waals surface area contributed by atoms with Gasteiger partial charge in [-0.3, -0.25) is 9.59 Å². The highest BCUT2D eigenvalue weighted by molar-refractivity contribution is 8.00. The summed E-state index contributed by atoms with van der Waals surface area (Å²) in [6, 6.07) is 19.9. The van der Waals surface area contributed by atoms with Gasteiger partial charge >= 0.3 is 0 Å². The molecule has 8 heteroatoms. The normalized spacial score (nSPS) is 11.4. The highest BCUT2D eigenvalue weighted by Crippen LogP contribution is 2.28. The van der Waals surface area contributed by atoms with E-state index in [1.165, 1.54) is 11.8 Å². The van der Waals surface area contributed by atoms with Gasteiger partial charge in [0.15, 0.2) is 11.5 Å². The van der Waals surface area contributed by atoms with E-state index in [9.17, 15) is 9.59 Å². The van der Waals surface area contributed by atoms with E-state index in [0.717, 1.165) is 10.5 Å². The zero-order chi connectivity index (χ0) is 24.5. The predicted molar refractivity (Wildman–Crippen MR) is 137 cm³/mol. The van der Waals surface area contributed by atoms with E-state index in [1.807, 2.05) is 37.3 Å². The quantitative estimate of drug-likeness (QED) is 0.363. The Bertz CT molecular complexity index is 1140. The van der Waals surface area contributed by atoms with Crippen molar-refractivity contribution >= 4 is 40.9 Å². The molecule has 0 radical (unpaired) electrons. The van der Waals surface area contributed by atoms with Gasteiger partial charge in [0, 0.05) is 16.5 Å². The highest BCUT2D eigenvalue weighted by atomic mass is 35.5. The van der Waals surface area contributed by atoms with E-state index in [2.05, 4.69) is 10.6 Å². The summed E-state index contributed by atoms with van der Waals surface area (Å²) in [5.74, 6) is 0.855. The van der Waals surface area contributed by atoms with E-state index in [0.29, 0.717) is 40.7 Å². The molecular formula is C26H27ClN2O4S. The Kier molecular flexibility index (Phi) is 9.24. The molecule has 6 nitrogen and oxygen atoms in total. The van der Waals surface area contributed by atoms with Crippen molar-refractivity contribution in [2.45, 2.75) is 23.5 Å². The van der Waals surface area contributed by atoms with Crippen LogP contribution in [0, 0.1) is 0 Å². The second-order valence-electron chi connectivity index (χ2n) is 7.44. The number of thioether (sulfide) groups is 1. The molecule has 2 amide bonds. The van der Waals surface area contributed by atoms with Crippen molar-refractivity contribution in [3.05, 3.63) is 82.9 Å². The van der Waals surface area contributed by atoms with Crippen LogP contribution >= 0.6 is 23.4 Å². The number of benzene rings is 3. The Morgan fingerprint density at radius 2 is 1.68 bits per heavy atom. The SMILES string of the molecule is COc1ccc(CCNC(=O)c2ccccc2NC(=O)[C@@H](C)Sc2ccc(Cl)cc2)cc1OC. The summed E-state index contributed by atoms with van der Waals surface area (Å²) in [5, 5.41) is 6.09. The van der Waals surface area contributed by atoms with Gasteiger partial charge in [-0.1, -0.05) is 29.8 Å². The first-order valence-electron chi connectivity index (χ1n) is 10.7. The van der Waals surface area contributed by atoms with Crippen molar-refractivity contribution in [2.24, 2.45) is 0 Å². The van der Waals surface area contributed by atoms with Crippen LogP contribution in [0.2, 0.25) is 5.02 Å². The van der Waals surface area contributed by atoms with Crippen molar-refractivity contribution in [1.82, 2.24) is 5.32 Å². The van der Waals surface area contributed by atoms with Gasteiger partial charge in [-0.25, -0.2) is 0 Å². The molecule has 34 heavy (non-hydrogen) atoms. The topological polar surface area (TPSA) is 76.7 Å². The molecule has 3 aromatic carbocycles. The van der Waals surface area contributed by atoms with E-state index in [1.54, 1.807) is 50.6 Å². The maximum absolute atomic E-state index is 12.8. The number of halogens is 1. The van der Waals surface area contributed by atoms with Crippen LogP contribution in [0.1, 0.15) is 22.8 Å². The summed E-state index contributed by atoms with van der Waals surface area (Å²) in [6.07, 6.45) is 0.620. The van der Waals surface area contributed by atoms with Crippen LogP contribution in [0.3, 0.4) is 0 Å². The molecule has 0 heterocycles. The monoisotopic (exact) mass is 498 g/mol. The third-order valence-electron chi connectivity index (χ3n) is 5.07. The smallest absolute Gasteiger partial charge is 0.253 e. The first-order valence-corrected chi connectivity index (χ1v) is 12.0. The number of amides is 2. The molecule has 0 unspecified atom stereocenters. The van der Waals surface area contributed by atoms with E-state index in [4.69, 9.17) is 21.1 Å². The third-order valence-corrected chi connectivity index (χ3v) is 6.44. The summed E-state index contributed by atoms with van der Waals surface area (Å²) in [6.45, 7) is 2.25. The molecule has 3 aromatic rings. The fraction of sp³-hybridized carbons (Fsp3) is 0.231. The zero-order valence-corrected chi connectivity index (χ0v) is 20.8. The summed E-state index contributed by atoms with van der Waals surface area (Å²) in [7, 11) is 3.18. The Balaban J connectivity index is 1.59. The molecule has 0 aliphatic heterocycles. The fourth-order valence-corrected chi connectivity index (χ4v) is 4.24. The molecule has 0 spiro atoms. The third kappa shape index (κ3) is 6.92. The van der Waals surface area contributed by atoms with Crippen LogP contribution in [-0.4, -0.2) is 37.8 Å². The predicted octanol–water partition coefficient (Wildman–Crippen LogP) is 5.45. The average Bonchev–Trinajstić information content (AvgIpc) is 2.85. The molecule has 0 aromatic heterocycles. The minimum atomic E-state index is -0.359. The van der Waals surface area contributed by atoms with Gasteiger partial charge in [-0.05, 0) is 67.4 Å². The van der Waals surface area contributed by atoms with Crippen molar-refractivity contribution < 1.29 is 19.1 Å². The van der Waals surface area contributed by atoms with Crippen LogP contribution in [0.25, 0.3) is 0 Å². The molecule has 0 saturated heterocycles. The number of carbonyl (C=O) groups excluding carboxylic acids is 2. The van der Waals surface area contributed by atoms with E-state index >= 15 is 0 Å². The number of ether oxygens (including phenoxy) is 2. The average molecular weight is 499 g/mol. The fourth-order valence-electron chi connectivity index (χ4n) is 3.25. The first kappa shape index (κ1) is 25.5. The van der Waals surface area contributed by atoms with Gasteiger partial charge in [-0.15, -0.1) is 11.8 Å². The lowest BCUT2D eigenvalue weighted by molar-refractivity contribution is -0.115. The molecule has 0 aliphatic carbocycles. The zero-order valence-electron chi connectivity index (χ0n) is 19.3. The second kappa shape index (κ2) is 12.3. The summed E-state index contributed by atoms with van der Waals surface area (Å²) < 4.78 is 10.6. The number of rotatable bonds is 10. The Morgan fingerprint density at radius 3 is 2.38 bits per heavy atom. The van der Waals surface area contributed by atoms with Crippen molar-refractivity contribution in [2.75, 3.05) is 26.1 Å². The Morgan fingerprint density at radius 1 is 0.971 bits per heavy atom. The Hall–Kier alpha value is -3.16. The molecule has 3 rings (SSSR count). The standard InChI is InChI=1S/C26H27ClN2O4S/c1-17(34-20-11-9-19(27)10-12-20)25(30)29-22-7-5-4-6-21(22)26(31)28-15-14-18-8-13-23(32-2)24(16-18)33-3/h4-13,16-17H,14-15H2,1-3H3,(H,28,31)(H,29,30)/t17-/m1/s1. The Labute approximate surface area is 209 Å². The van der Waals surface area contributed by atoms with Crippen LogP contribution in [0.15, 0.2) is 71.6 Å². The van der Waals surface area contributed by atoms with Gasteiger partial charge < -0.3 is 20.1 Å². The molecule has 0 aliphatic rings. The number of methoxy groups -OCH3 is 2. The van der Waals surface area contributed by atoms with Gasteiger partial charge in [0.25, 0.3) is 5.91 Å². The van der Waals surface area contributed by atoms with Crippen LogP contribution in [0.4, 0.5) is 5.69 Å². The maximum atomic E-state index is 12.8. The van der Waals surface area contributed by atoms with Gasteiger partial charge in [0.2, 0.25) is 5.91 Å². The summed E-state index contributed by atoms with van der Waals surface area (Å²) in [4.78, 5) is 26.5. The lowest BCUT2D eigenvalue weighted by Crippen LogP contribution is -2.28. The summed E-state index contributed by atoms with van der Waals surface area (Å²) in [5.41, 5.74) is 1.89. The number of para-hydroxylation sites is 1. The van der Waals surface area contributed by atoms with E-state index in [-0.39, 0.29) is 17.1 Å². The highest BCUT2D eigenvalue weighted by Gasteiger charge is 2.18. The van der Waals surface area contributed by atoms with Crippen molar-refractivity contribution in [3.63, 3.8) is 0 Å². The number of anilines is 1. The lowest BCUT2D eigenvalue weighted by atomic mass is 10.1. The molecular weight excluding hydrogens is 472 g/mol. The second-order valence-corrected chi connectivity index (χ2v) is 9.29. The van der Waals surface area contributed by atoms with Crippen molar-refractivity contribution in [3.8, 4) is 11.5 Å². The van der Waals surface area contributed by atoms with Crippen LogP contribution in [0.5, 0.6) is 11.5 Å². The number of hydrogen-bond donors (Lipinski definition) is 2. The minimum Gasteiger partial charge on any atom is -0.493 e. The van der Waals surface area contributed by atoms with Crippen LogP contribution < -0.4 is 20.1 Å². The minimum absolute atomic E-state index is 0.189. The van der Waals surface area contributed by atoms with Gasteiger partial charge in [0.1, 0.15) is 0 Å². The molecule has 0 fully saturated rings. The maximum Gasteiger partial charge on any atom is 0.253 e. The van der Waals surface area contributed by atoms with E-state index < -0.39 is 0 Å². The molecule has 2 N–H and O–H groups in total. The number of nitrogens with one attached hydrogen (secondary N) is 2. The molecule has 0 bridgehead atoms.